The van der Waals surface area contributed by atoms with Crippen molar-refractivity contribution in [3.8, 4) is 22.3 Å². The van der Waals surface area contributed by atoms with Gasteiger partial charge in [0.25, 0.3) is 5.56 Å². The summed E-state index contributed by atoms with van der Waals surface area (Å²) in [5.41, 5.74) is 1.43. The van der Waals surface area contributed by atoms with E-state index in [2.05, 4.69) is 21.9 Å². The molecule has 8 N–H and O–H groups in total. The first-order valence-corrected chi connectivity index (χ1v) is 14.0. The Hall–Kier alpha value is -5.47. The van der Waals surface area contributed by atoms with Crippen molar-refractivity contribution in [1.29, 1.82) is 0 Å². The number of aliphatic hydroxyl groups excluding tert-OH is 1. The second-order valence-corrected chi connectivity index (χ2v) is 9.65. The summed E-state index contributed by atoms with van der Waals surface area (Å²) in [5.74, 6) is 4.18. The Kier molecular flexibility index (Phi) is 14.5. The van der Waals surface area contributed by atoms with E-state index < -0.39 is 40.9 Å². The highest BCUT2D eigenvalue weighted by atomic mass is 19.1. The van der Waals surface area contributed by atoms with Gasteiger partial charge in [0.2, 0.25) is 0 Å². The smallest absolute Gasteiger partial charge is 0.340 e. The number of nitrogens with one attached hydrogen (secondary N) is 1. The molecule has 0 fully saturated rings. The Labute approximate surface area is 273 Å². The number of aromatic amines is 1. The van der Waals surface area contributed by atoms with Gasteiger partial charge < -0.3 is 15.3 Å². The lowest BCUT2D eigenvalue weighted by atomic mass is 9.93. The summed E-state index contributed by atoms with van der Waals surface area (Å²) in [7, 11) is 1.00. The van der Waals surface area contributed by atoms with Crippen molar-refractivity contribution in [1.82, 2.24) is 10.2 Å². The number of carbonyl (C=O) groups excluding carboxylic acids is 1. The molecule has 0 saturated carbocycles. The van der Waals surface area contributed by atoms with Crippen LogP contribution in [0, 0.1) is 30.2 Å². The van der Waals surface area contributed by atoms with Crippen LogP contribution in [0.25, 0.3) is 33.4 Å². The van der Waals surface area contributed by atoms with Gasteiger partial charge in [-0.2, -0.15) is 5.10 Å². The van der Waals surface area contributed by atoms with E-state index >= 15 is 0 Å². The second-order valence-electron chi connectivity index (χ2n) is 9.65. The summed E-state index contributed by atoms with van der Waals surface area (Å²) in [5, 5.41) is 13.2. The van der Waals surface area contributed by atoms with Crippen molar-refractivity contribution >= 4 is 17.1 Å². The number of hydrogen-bond donors (Lipinski definition) is 4. The van der Waals surface area contributed by atoms with Gasteiger partial charge in [0.1, 0.15) is 29.4 Å². The van der Waals surface area contributed by atoms with Crippen LogP contribution in [-0.2, 0) is 9.53 Å². The van der Waals surface area contributed by atoms with E-state index in [0.29, 0.717) is 28.0 Å². The predicted molar refractivity (Wildman–Crippen MR) is 176 cm³/mol. The third-order valence-electron chi connectivity index (χ3n) is 6.90. The lowest BCUT2D eigenvalue weighted by Gasteiger charge is -2.12. The average Bonchev–Trinajstić information content (AvgIpc) is 3.38. The van der Waals surface area contributed by atoms with Crippen LogP contribution in [0.1, 0.15) is 23.7 Å². The molecule has 0 radical (unpaired) electrons. The molecular weight excluding hydrogens is 632 g/mol. The molecule has 1 aromatic heterocycles. The number of benzene rings is 4. The van der Waals surface area contributed by atoms with E-state index in [0.717, 1.165) is 31.4 Å². The Morgan fingerprint density at radius 3 is 1.58 bits per heavy atom. The van der Waals surface area contributed by atoms with Gasteiger partial charge in [-0.05, 0) is 49.2 Å². The number of aliphatic hydroxyl groups is 1. The van der Waals surface area contributed by atoms with Crippen molar-refractivity contribution in [2.45, 2.75) is 20.0 Å². The molecule has 5 aromatic rings. The van der Waals surface area contributed by atoms with Crippen LogP contribution in [-0.4, -0.2) is 40.0 Å². The Balaban J connectivity index is 0.000000297. The third-order valence-corrected chi connectivity index (χ3v) is 6.90. The van der Waals surface area contributed by atoms with Crippen LogP contribution < -0.4 is 17.2 Å². The van der Waals surface area contributed by atoms with Crippen LogP contribution in [0.5, 0.6) is 0 Å². The van der Waals surface area contributed by atoms with Crippen LogP contribution in [0.2, 0.25) is 0 Å². The minimum atomic E-state index is -0.784. The number of nitrogens with two attached hydrogens (primary N) is 2. The fraction of sp³-hybridized carbons (Fsp3) is 0.114. The normalized spacial score (nSPS) is 13.0. The molecule has 13 heteroatoms. The molecule has 0 spiro atoms. The molecule has 0 aliphatic carbocycles. The maximum absolute atomic E-state index is 14.1. The van der Waals surface area contributed by atoms with Gasteiger partial charge in [0, 0.05) is 18.2 Å². The highest BCUT2D eigenvalue weighted by Gasteiger charge is 2.35. The number of aromatic nitrogens is 2. The van der Waals surface area contributed by atoms with Crippen molar-refractivity contribution in [3.63, 3.8) is 0 Å². The molecule has 0 saturated heterocycles. The van der Waals surface area contributed by atoms with E-state index in [9.17, 15) is 27.2 Å². The van der Waals surface area contributed by atoms with Gasteiger partial charge >= 0.3 is 5.97 Å². The number of rotatable bonds is 4. The number of aryl methyl sites for hydroxylation is 1. The number of hydrazine groups is 1. The number of nitrogens with zero attached hydrogens (tertiary/aromatic N) is 1. The summed E-state index contributed by atoms with van der Waals surface area (Å²) in [6.45, 7) is 3.37. The Morgan fingerprint density at radius 1 is 0.667 bits per heavy atom. The molecule has 1 atom stereocenters. The number of cyclic esters (lactones) is 1. The molecule has 9 nitrogen and oxygen atoms in total. The number of H-pyrrole nitrogens is 1. The Bertz CT molecular complexity index is 1880. The van der Waals surface area contributed by atoms with Crippen LogP contribution in [0.3, 0.4) is 0 Å². The first-order valence-electron chi connectivity index (χ1n) is 14.0. The molecule has 6 rings (SSSR count). The van der Waals surface area contributed by atoms with Crippen molar-refractivity contribution in [2.24, 2.45) is 11.7 Å². The number of hydrogen-bond acceptors (Lipinski definition) is 7. The van der Waals surface area contributed by atoms with E-state index in [1.165, 1.54) is 12.1 Å². The lowest BCUT2D eigenvalue weighted by molar-refractivity contribution is -0.136. The van der Waals surface area contributed by atoms with Crippen molar-refractivity contribution in [2.75, 3.05) is 7.11 Å². The largest absolute Gasteiger partial charge is 0.454 e. The molecule has 0 amide bonds. The summed E-state index contributed by atoms with van der Waals surface area (Å²) < 4.78 is 61.4. The molecule has 1 aliphatic heterocycles. The second kappa shape index (κ2) is 18.0. The molecule has 48 heavy (non-hydrogen) atoms. The first kappa shape index (κ1) is 38.7. The maximum Gasteiger partial charge on any atom is 0.340 e. The molecule has 252 valence electrons. The highest BCUT2D eigenvalue weighted by Crippen LogP contribution is 2.39. The number of esters is 1. The number of ether oxygens (including phenoxy) is 1. The maximum atomic E-state index is 14.1. The van der Waals surface area contributed by atoms with Gasteiger partial charge in [0.15, 0.2) is 0 Å². The zero-order chi connectivity index (χ0) is 34.7. The average molecular weight is 667 g/mol. The fourth-order valence-electron chi connectivity index (χ4n) is 5.04. The zero-order valence-corrected chi connectivity index (χ0v) is 26.1. The molecule has 2 heterocycles. The lowest BCUT2D eigenvalue weighted by Crippen LogP contribution is -2.15. The van der Waals surface area contributed by atoms with Gasteiger partial charge in [-0.15, -0.1) is 0 Å². The minimum Gasteiger partial charge on any atom is -0.454 e. The van der Waals surface area contributed by atoms with Crippen molar-refractivity contribution < 1.29 is 37.7 Å². The van der Waals surface area contributed by atoms with Gasteiger partial charge in [-0.25, -0.2) is 27.5 Å². The van der Waals surface area contributed by atoms with E-state index in [4.69, 9.17) is 9.84 Å². The summed E-state index contributed by atoms with van der Waals surface area (Å²) >= 11 is 0. The molecule has 4 aromatic carbocycles. The first-order chi connectivity index (χ1) is 22.7. The molecule has 1 unspecified atom stereocenters. The zero-order valence-electron chi connectivity index (χ0n) is 26.1. The Morgan fingerprint density at radius 2 is 1.10 bits per heavy atom. The van der Waals surface area contributed by atoms with Gasteiger partial charge in [-0.3, -0.25) is 16.5 Å². The summed E-state index contributed by atoms with van der Waals surface area (Å²) in [6.07, 6.45) is -0.547. The monoisotopic (exact) mass is 666 g/mol. The van der Waals surface area contributed by atoms with Crippen LogP contribution >= 0.6 is 0 Å². The van der Waals surface area contributed by atoms with Gasteiger partial charge in [-0.1, -0.05) is 72.8 Å². The molecular formula is C35H34F4N4O5. The molecule has 1 aliphatic rings. The van der Waals surface area contributed by atoms with E-state index in [1.54, 1.807) is 62.4 Å². The SMILES string of the molecule is CC1OC(=O)C(c2c(F)cccc2F)=C1c1ccccc1.CO.Cc1n[nH]c(=O)c(-c2c(F)cccc2F)c1-c1ccccc1.NN.O. The quantitative estimate of drug-likeness (QED) is 0.0891. The topological polar surface area (TPSA) is 176 Å². The number of carbonyl (C=O) groups is 1. The van der Waals surface area contributed by atoms with Crippen molar-refractivity contribution in [3.05, 3.63) is 148 Å². The third kappa shape index (κ3) is 8.27. The summed E-state index contributed by atoms with van der Waals surface area (Å²) in [6, 6.07) is 25.0. The highest BCUT2D eigenvalue weighted by molar-refractivity contribution is 6.28. The van der Waals surface area contributed by atoms with E-state index in [1.807, 2.05) is 12.1 Å². The number of halogens is 4. The van der Waals surface area contributed by atoms with E-state index in [-0.39, 0.29) is 27.7 Å². The van der Waals surface area contributed by atoms with Gasteiger partial charge in [0.05, 0.1) is 28.0 Å². The molecule has 0 bridgehead atoms. The van der Waals surface area contributed by atoms with Crippen LogP contribution in [0.15, 0.2) is 102 Å². The standard InChI is InChI=1S/C17H12F2N2O.C17H12F2O2.CH4O.H4N2.H2O/c1-10-14(11-6-3-2-4-7-11)16(17(22)21-20-10)15-12(18)8-5-9-13(15)19;1-10-14(11-6-3-2-4-7-11)16(17(20)21-10)15-12(18)8-5-9-13(15)19;2*1-2;/h2-9H,1H3,(H,21,22);2-10H,1H3;2H,1H3;1-2H2;1H2. The fourth-order valence-corrected chi connectivity index (χ4v) is 5.04. The summed E-state index contributed by atoms with van der Waals surface area (Å²) in [4.78, 5) is 24.3. The minimum absolute atomic E-state index is 0. The predicted octanol–water partition coefficient (Wildman–Crippen LogP) is 5.11. The van der Waals surface area contributed by atoms with Crippen LogP contribution in [0.4, 0.5) is 17.6 Å².